The zero-order valence-corrected chi connectivity index (χ0v) is 8.01. The molecule has 7 heteroatoms. The van der Waals surface area contributed by atoms with E-state index >= 15 is 0 Å². The number of anilines is 1. The summed E-state index contributed by atoms with van der Waals surface area (Å²) >= 11 is 0. The number of phenolic OH excluding ortho intramolecular Hbond substituents is 1. The highest BCUT2D eigenvalue weighted by molar-refractivity contribution is 5.89. The largest absolute Gasteiger partial charge is 0.508 e. The van der Waals surface area contributed by atoms with Crippen molar-refractivity contribution in [3.05, 3.63) is 24.3 Å². The van der Waals surface area contributed by atoms with Crippen molar-refractivity contribution in [1.82, 2.24) is 5.32 Å². The Hall–Kier alpha value is -1.92. The third-order valence-corrected chi connectivity index (χ3v) is 1.55. The third-order valence-electron chi connectivity index (χ3n) is 1.55. The number of phenols is 1. The molecule has 0 saturated heterocycles. The van der Waals surface area contributed by atoms with Gasteiger partial charge in [-0.25, -0.2) is 4.79 Å². The van der Waals surface area contributed by atoms with Crippen LogP contribution in [0.5, 0.6) is 5.75 Å². The Morgan fingerprint density at radius 2 is 2.06 bits per heavy atom. The van der Waals surface area contributed by atoms with E-state index in [1.165, 1.54) is 24.3 Å². The number of carbonyl (C=O) groups excluding carboxylic acids is 1. The van der Waals surface area contributed by atoms with E-state index in [2.05, 4.69) is 5.32 Å². The van der Waals surface area contributed by atoms with Crippen LogP contribution in [0.1, 0.15) is 0 Å². The maximum Gasteiger partial charge on any atom is 0.405 e. The topological polar surface area (TPSA) is 61.4 Å². The minimum atomic E-state index is -4.45. The lowest BCUT2D eigenvalue weighted by Crippen LogP contribution is -2.36. The van der Waals surface area contributed by atoms with Crippen molar-refractivity contribution in [3.8, 4) is 5.75 Å². The maximum absolute atomic E-state index is 11.7. The first-order valence-electron chi connectivity index (χ1n) is 4.27. The predicted octanol–water partition coefficient (Wildman–Crippen LogP) is 2.08. The van der Waals surface area contributed by atoms with Gasteiger partial charge in [-0.3, -0.25) is 0 Å². The molecule has 16 heavy (non-hydrogen) atoms. The molecule has 1 aromatic carbocycles. The van der Waals surface area contributed by atoms with Gasteiger partial charge in [0.25, 0.3) is 0 Å². The zero-order chi connectivity index (χ0) is 12.2. The second kappa shape index (κ2) is 4.73. The van der Waals surface area contributed by atoms with Crippen molar-refractivity contribution < 1.29 is 23.1 Å². The number of urea groups is 1. The Bertz CT molecular complexity index is 379. The summed E-state index contributed by atoms with van der Waals surface area (Å²) < 4.78 is 35.2. The van der Waals surface area contributed by atoms with Crippen LogP contribution in [-0.4, -0.2) is 23.9 Å². The number of hydrogen-bond donors (Lipinski definition) is 3. The first-order valence-corrected chi connectivity index (χ1v) is 4.27. The molecule has 4 nitrogen and oxygen atoms in total. The Balaban J connectivity index is 2.46. The second-order valence-electron chi connectivity index (χ2n) is 2.97. The van der Waals surface area contributed by atoms with Crippen molar-refractivity contribution >= 4 is 11.7 Å². The molecule has 0 unspecified atom stereocenters. The highest BCUT2D eigenvalue weighted by Crippen LogP contribution is 2.15. The van der Waals surface area contributed by atoms with Gasteiger partial charge >= 0.3 is 12.2 Å². The summed E-state index contributed by atoms with van der Waals surface area (Å²) in [5, 5.41) is 12.8. The molecule has 3 N–H and O–H groups in total. The molecule has 0 saturated carbocycles. The van der Waals surface area contributed by atoms with Crippen LogP contribution >= 0.6 is 0 Å². The van der Waals surface area contributed by atoms with Gasteiger partial charge in [0.1, 0.15) is 12.3 Å². The average molecular weight is 234 g/mol. The molecule has 0 aliphatic heterocycles. The van der Waals surface area contributed by atoms with Gasteiger partial charge in [0, 0.05) is 11.8 Å². The van der Waals surface area contributed by atoms with E-state index in [0.717, 1.165) is 0 Å². The van der Waals surface area contributed by atoms with Crippen molar-refractivity contribution in [2.45, 2.75) is 6.18 Å². The van der Waals surface area contributed by atoms with E-state index in [1.807, 2.05) is 0 Å². The monoisotopic (exact) mass is 234 g/mol. The molecule has 2 amide bonds. The van der Waals surface area contributed by atoms with E-state index in [4.69, 9.17) is 5.11 Å². The molecular weight excluding hydrogens is 225 g/mol. The first kappa shape index (κ1) is 12.2. The number of hydrogen-bond acceptors (Lipinski definition) is 2. The number of benzene rings is 1. The summed E-state index contributed by atoms with van der Waals surface area (Å²) in [4.78, 5) is 11.0. The molecule has 0 atom stereocenters. The molecule has 0 aliphatic carbocycles. The van der Waals surface area contributed by atoms with Crippen molar-refractivity contribution in [2.75, 3.05) is 11.9 Å². The minimum absolute atomic E-state index is 0.0892. The fraction of sp³-hybridized carbons (Fsp3) is 0.222. The number of aromatic hydroxyl groups is 1. The van der Waals surface area contributed by atoms with Crippen LogP contribution in [0.3, 0.4) is 0 Å². The number of rotatable bonds is 2. The van der Waals surface area contributed by atoms with Gasteiger partial charge in [-0.05, 0) is 12.1 Å². The van der Waals surface area contributed by atoms with E-state index in [1.54, 1.807) is 5.32 Å². The summed E-state index contributed by atoms with van der Waals surface area (Å²) in [6.07, 6.45) is -4.45. The van der Waals surface area contributed by atoms with Crippen molar-refractivity contribution in [2.24, 2.45) is 0 Å². The van der Waals surface area contributed by atoms with Crippen LogP contribution in [-0.2, 0) is 0 Å². The summed E-state index contributed by atoms with van der Waals surface area (Å²) in [6.45, 7) is -1.41. The van der Waals surface area contributed by atoms with Crippen LogP contribution in [0.4, 0.5) is 23.7 Å². The van der Waals surface area contributed by atoms with Gasteiger partial charge in [0.05, 0.1) is 0 Å². The van der Waals surface area contributed by atoms with Gasteiger partial charge in [0.2, 0.25) is 0 Å². The molecule has 0 heterocycles. The minimum Gasteiger partial charge on any atom is -0.508 e. The first-order chi connectivity index (χ1) is 7.37. The summed E-state index contributed by atoms with van der Waals surface area (Å²) in [5.74, 6) is -0.0892. The second-order valence-corrected chi connectivity index (χ2v) is 2.97. The van der Waals surface area contributed by atoms with Crippen LogP contribution in [0.25, 0.3) is 0 Å². The number of alkyl halides is 3. The van der Waals surface area contributed by atoms with Gasteiger partial charge in [-0.15, -0.1) is 0 Å². The fourth-order valence-corrected chi connectivity index (χ4v) is 0.939. The summed E-state index contributed by atoms with van der Waals surface area (Å²) in [7, 11) is 0. The fourth-order valence-electron chi connectivity index (χ4n) is 0.939. The van der Waals surface area contributed by atoms with E-state index < -0.39 is 18.8 Å². The van der Waals surface area contributed by atoms with Crippen LogP contribution in [0.2, 0.25) is 0 Å². The van der Waals surface area contributed by atoms with E-state index in [9.17, 15) is 18.0 Å². The maximum atomic E-state index is 11.7. The number of amides is 2. The lowest BCUT2D eigenvalue weighted by molar-refractivity contribution is -0.122. The molecule has 0 bridgehead atoms. The molecule has 0 aromatic heterocycles. The number of carbonyl (C=O) groups is 1. The summed E-state index contributed by atoms with van der Waals surface area (Å²) in [5.41, 5.74) is 0.208. The van der Waals surface area contributed by atoms with Gasteiger partial charge in [-0.2, -0.15) is 13.2 Å². The number of halogens is 3. The molecule has 1 aromatic rings. The zero-order valence-electron chi connectivity index (χ0n) is 8.01. The average Bonchev–Trinajstić information content (AvgIpc) is 2.14. The van der Waals surface area contributed by atoms with Crippen LogP contribution in [0, 0.1) is 0 Å². The molecular formula is C9H9F3N2O2. The SMILES string of the molecule is O=C(NCC(F)(F)F)Nc1cccc(O)c1. The van der Waals surface area contributed by atoms with Crippen LogP contribution < -0.4 is 10.6 Å². The lowest BCUT2D eigenvalue weighted by atomic mass is 10.3. The normalized spacial score (nSPS) is 10.9. The van der Waals surface area contributed by atoms with E-state index in [0.29, 0.717) is 0 Å². The third kappa shape index (κ3) is 4.54. The Kier molecular flexibility index (Phi) is 3.60. The van der Waals surface area contributed by atoms with E-state index in [-0.39, 0.29) is 11.4 Å². The molecule has 0 fully saturated rings. The standard InChI is InChI=1S/C9H9F3N2O2/c10-9(11,12)5-13-8(16)14-6-2-1-3-7(15)4-6/h1-4,15H,5H2,(H2,13,14,16). The Labute approximate surface area is 89.1 Å². The summed E-state index contributed by atoms with van der Waals surface area (Å²) in [6, 6.07) is 4.50. The smallest absolute Gasteiger partial charge is 0.405 e. The van der Waals surface area contributed by atoms with Crippen molar-refractivity contribution in [1.29, 1.82) is 0 Å². The highest BCUT2D eigenvalue weighted by atomic mass is 19.4. The lowest BCUT2D eigenvalue weighted by Gasteiger charge is -2.09. The van der Waals surface area contributed by atoms with Gasteiger partial charge < -0.3 is 15.7 Å². The van der Waals surface area contributed by atoms with Crippen LogP contribution in [0.15, 0.2) is 24.3 Å². The number of nitrogens with one attached hydrogen (secondary N) is 2. The Morgan fingerprint density at radius 1 is 1.38 bits per heavy atom. The molecule has 88 valence electrons. The Morgan fingerprint density at radius 3 is 2.62 bits per heavy atom. The molecule has 1 rings (SSSR count). The van der Waals surface area contributed by atoms with Gasteiger partial charge in [0.15, 0.2) is 0 Å². The van der Waals surface area contributed by atoms with Gasteiger partial charge in [-0.1, -0.05) is 6.07 Å². The molecule has 0 radical (unpaired) electrons. The van der Waals surface area contributed by atoms with Crippen molar-refractivity contribution in [3.63, 3.8) is 0 Å². The quantitative estimate of drug-likeness (QED) is 0.733. The molecule has 0 aliphatic rings. The highest BCUT2D eigenvalue weighted by Gasteiger charge is 2.27. The predicted molar refractivity (Wildman–Crippen MR) is 51.2 cm³/mol. The molecule has 0 spiro atoms.